The number of benzene rings is 2. The first-order valence-electron chi connectivity index (χ1n) is 7.40. The lowest BCUT2D eigenvalue weighted by molar-refractivity contribution is -0.123. The van der Waals surface area contributed by atoms with Gasteiger partial charge in [0, 0.05) is 0 Å². The third-order valence-corrected chi connectivity index (χ3v) is 3.21. The SMILES string of the molecule is Cc1ccc(C)c(OCCNC(=O)COc2ccc(F)cc2)c1. The van der Waals surface area contributed by atoms with Crippen molar-refractivity contribution in [2.75, 3.05) is 19.8 Å². The van der Waals surface area contributed by atoms with E-state index in [1.54, 1.807) is 0 Å². The van der Waals surface area contributed by atoms with E-state index in [1.165, 1.54) is 24.3 Å². The van der Waals surface area contributed by atoms with E-state index in [4.69, 9.17) is 9.47 Å². The van der Waals surface area contributed by atoms with Crippen LogP contribution in [0.2, 0.25) is 0 Å². The topological polar surface area (TPSA) is 47.6 Å². The molecule has 1 N–H and O–H groups in total. The van der Waals surface area contributed by atoms with Gasteiger partial charge < -0.3 is 14.8 Å². The minimum absolute atomic E-state index is 0.116. The highest BCUT2D eigenvalue weighted by Crippen LogP contribution is 2.18. The number of hydrogen-bond donors (Lipinski definition) is 1. The third kappa shape index (κ3) is 5.62. The molecule has 0 bridgehead atoms. The van der Waals surface area contributed by atoms with Gasteiger partial charge in [-0.15, -0.1) is 0 Å². The van der Waals surface area contributed by atoms with Gasteiger partial charge in [-0.2, -0.15) is 0 Å². The maximum atomic E-state index is 12.7. The van der Waals surface area contributed by atoms with Gasteiger partial charge in [0.05, 0.1) is 6.54 Å². The molecule has 5 heteroatoms. The van der Waals surface area contributed by atoms with Crippen molar-refractivity contribution in [3.8, 4) is 11.5 Å². The second kappa shape index (κ2) is 8.17. The fourth-order valence-electron chi connectivity index (χ4n) is 1.94. The van der Waals surface area contributed by atoms with E-state index in [9.17, 15) is 9.18 Å². The Labute approximate surface area is 135 Å². The van der Waals surface area contributed by atoms with E-state index in [0.29, 0.717) is 18.9 Å². The van der Waals surface area contributed by atoms with Gasteiger partial charge >= 0.3 is 0 Å². The molecule has 2 rings (SSSR count). The van der Waals surface area contributed by atoms with Crippen LogP contribution in [-0.2, 0) is 4.79 Å². The standard InChI is InChI=1S/C18H20FNO3/c1-13-3-4-14(2)17(11-13)22-10-9-20-18(21)12-23-16-7-5-15(19)6-8-16/h3-8,11H,9-10,12H2,1-2H3,(H,20,21). The summed E-state index contributed by atoms with van der Waals surface area (Å²) in [6.07, 6.45) is 0. The van der Waals surface area contributed by atoms with Crippen LogP contribution in [0.5, 0.6) is 11.5 Å². The first-order valence-corrected chi connectivity index (χ1v) is 7.40. The van der Waals surface area contributed by atoms with Gasteiger partial charge in [0.1, 0.15) is 23.9 Å². The maximum Gasteiger partial charge on any atom is 0.258 e. The minimum Gasteiger partial charge on any atom is -0.491 e. The molecular formula is C18H20FNO3. The van der Waals surface area contributed by atoms with Crippen molar-refractivity contribution < 1.29 is 18.7 Å². The van der Waals surface area contributed by atoms with Crippen LogP contribution in [0.1, 0.15) is 11.1 Å². The Morgan fingerprint density at radius 2 is 1.83 bits per heavy atom. The number of amides is 1. The van der Waals surface area contributed by atoms with E-state index in [0.717, 1.165) is 16.9 Å². The molecule has 2 aromatic rings. The summed E-state index contributed by atoms with van der Waals surface area (Å²) in [4.78, 5) is 11.6. The molecule has 0 aliphatic carbocycles. The summed E-state index contributed by atoms with van der Waals surface area (Å²) >= 11 is 0. The van der Waals surface area contributed by atoms with E-state index in [1.807, 2.05) is 32.0 Å². The zero-order valence-electron chi connectivity index (χ0n) is 13.3. The van der Waals surface area contributed by atoms with Crippen molar-refractivity contribution in [3.63, 3.8) is 0 Å². The molecule has 0 saturated heterocycles. The smallest absolute Gasteiger partial charge is 0.258 e. The molecule has 0 radical (unpaired) electrons. The molecule has 0 aliphatic rings. The Balaban J connectivity index is 1.66. The molecule has 0 fully saturated rings. The predicted molar refractivity (Wildman–Crippen MR) is 86.3 cm³/mol. The van der Waals surface area contributed by atoms with Crippen LogP contribution in [0.4, 0.5) is 4.39 Å². The fraction of sp³-hybridized carbons (Fsp3) is 0.278. The lowest BCUT2D eigenvalue weighted by Crippen LogP contribution is -2.32. The number of ether oxygens (including phenoxy) is 2. The van der Waals surface area contributed by atoms with Gasteiger partial charge in [0.2, 0.25) is 0 Å². The van der Waals surface area contributed by atoms with Crippen LogP contribution in [0, 0.1) is 19.7 Å². The maximum absolute atomic E-state index is 12.7. The average molecular weight is 317 g/mol. The van der Waals surface area contributed by atoms with Gasteiger partial charge in [-0.05, 0) is 55.3 Å². The third-order valence-electron chi connectivity index (χ3n) is 3.21. The van der Waals surface area contributed by atoms with Crippen LogP contribution in [0.3, 0.4) is 0 Å². The summed E-state index contributed by atoms with van der Waals surface area (Å²) in [6.45, 7) is 4.63. The summed E-state index contributed by atoms with van der Waals surface area (Å²) in [7, 11) is 0. The van der Waals surface area contributed by atoms with Crippen molar-refractivity contribution in [1.29, 1.82) is 0 Å². The zero-order valence-corrected chi connectivity index (χ0v) is 13.3. The molecule has 23 heavy (non-hydrogen) atoms. The van der Waals surface area contributed by atoms with Crippen LogP contribution >= 0.6 is 0 Å². The van der Waals surface area contributed by atoms with Gasteiger partial charge in [0.25, 0.3) is 5.91 Å². The lowest BCUT2D eigenvalue weighted by Gasteiger charge is -2.11. The highest BCUT2D eigenvalue weighted by atomic mass is 19.1. The summed E-state index contributed by atoms with van der Waals surface area (Å²) in [5, 5.41) is 2.71. The van der Waals surface area contributed by atoms with E-state index < -0.39 is 0 Å². The van der Waals surface area contributed by atoms with Gasteiger partial charge in [-0.25, -0.2) is 4.39 Å². The number of nitrogens with one attached hydrogen (secondary N) is 1. The minimum atomic E-state index is -0.342. The molecule has 0 aromatic heterocycles. The molecule has 1 amide bonds. The second-order valence-electron chi connectivity index (χ2n) is 5.21. The number of carbonyl (C=O) groups is 1. The van der Waals surface area contributed by atoms with E-state index in [2.05, 4.69) is 5.32 Å². The highest BCUT2D eigenvalue weighted by molar-refractivity contribution is 5.77. The molecule has 122 valence electrons. The number of halogens is 1. The molecule has 0 aliphatic heterocycles. The normalized spacial score (nSPS) is 10.2. The van der Waals surface area contributed by atoms with Gasteiger partial charge in [-0.1, -0.05) is 12.1 Å². The van der Waals surface area contributed by atoms with E-state index in [-0.39, 0.29) is 18.3 Å². The van der Waals surface area contributed by atoms with Crippen LogP contribution in [0.25, 0.3) is 0 Å². The molecule has 0 unspecified atom stereocenters. The van der Waals surface area contributed by atoms with Crippen molar-refractivity contribution in [1.82, 2.24) is 5.32 Å². The Morgan fingerprint density at radius 1 is 1.09 bits per heavy atom. The predicted octanol–water partition coefficient (Wildman–Crippen LogP) is 3.02. The summed E-state index contributed by atoms with van der Waals surface area (Å²) in [5.41, 5.74) is 2.18. The molecule has 2 aromatic carbocycles. The van der Waals surface area contributed by atoms with Crippen molar-refractivity contribution >= 4 is 5.91 Å². The summed E-state index contributed by atoms with van der Waals surface area (Å²) in [6, 6.07) is 11.5. The summed E-state index contributed by atoms with van der Waals surface area (Å²) in [5.74, 6) is 0.680. The molecular weight excluding hydrogens is 297 g/mol. The van der Waals surface area contributed by atoms with Crippen LogP contribution in [-0.4, -0.2) is 25.7 Å². The second-order valence-corrected chi connectivity index (χ2v) is 5.21. The van der Waals surface area contributed by atoms with Crippen LogP contribution in [0.15, 0.2) is 42.5 Å². The number of rotatable bonds is 7. The molecule has 0 heterocycles. The quantitative estimate of drug-likeness (QED) is 0.799. The molecule has 4 nitrogen and oxygen atoms in total. The van der Waals surface area contributed by atoms with Crippen molar-refractivity contribution in [2.24, 2.45) is 0 Å². The molecule has 0 saturated carbocycles. The zero-order chi connectivity index (χ0) is 16.7. The number of hydrogen-bond acceptors (Lipinski definition) is 3. The Morgan fingerprint density at radius 3 is 2.57 bits per heavy atom. The largest absolute Gasteiger partial charge is 0.491 e. The summed E-state index contributed by atoms with van der Waals surface area (Å²) < 4.78 is 23.6. The van der Waals surface area contributed by atoms with Gasteiger partial charge in [-0.3, -0.25) is 4.79 Å². The fourth-order valence-corrected chi connectivity index (χ4v) is 1.94. The van der Waals surface area contributed by atoms with Crippen molar-refractivity contribution in [2.45, 2.75) is 13.8 Å². The Bertz CT molecular complexity index is 656. The van der Waals surface area contributed by atoms with Gasteiger partial charge in [0.15, 0.2) is 6.61 Å². The first kappa shape index (κ1) is 16.8. The average Bonchev–Trinajstić information content (AvgIpc) is 2.54. The molecule has 0 atom stereocenters. The first-order chi connectivity index (χ1) is 11.0. The monoisotopic (exact) mass is 317 g/mol. The Hall–Kier alpha value is -2.56. The number of carbonyl (C=O) groups excluding carboxylic acids is 1. The molecule has 0 spiro atoms. The van der Waals surface area contributed by atoms with Crippen molar-refractivity contribution in [3.05, 3.63) is 59.4 Å². The lowest BCUT2D eigenvalue weighted by atomic mass is 10.1. The number of aryl methyl sites for hydroxylation is 2. The highest BCUT2D eigenvalue weighted by Gasteiger charge is 2.04. The Kier molecular flexibility index (Phi) is 5.97. The van der Waals surface area contributed by atoms with Crippen LogP contribution < -0.4 is 14.8 Å². The van der Waals surface area contributed by atoms with E-state index >= 15 is 0 Å².